The fourth-order valence-electron chi connectivity index (χ4n) is 2.27. The molecule has 8 nitrogen and oxygen atoms in total. The van der Waals surface area contributed by atoms with E-state index in [2.05, 4.69) is 4.72 Å². The molecule has 0 aliphatic carbocycles. The molecule has 23 heavy (non-hydrogen) atoms. The highest BCUT2D eigenvalue weighted by molar-refractivity contribution is 7.89. The van der Waals surface area contributed by atoms with Gasteiger partial charge in [0, 0.05) is 24.5 Å². The second kappa shape index (κ2) is 7.28. The molecule has 0 unspecified atom stereocenters. The standard InChI is InChI=1S/C13H19N3O5S2/c1-2-21-13(18)16-5-3-9(4-6-16)15-23(19,20)10-7-11(12(14)17)22-8-10/h7-9,15H,2-6H2,1H3,(H2,14,17). The zero-order chi connectivity index (χ0) is 17.0. The predicted octanol–water partition coefficient (Wildman–Crippen LogP) is 0.746. The number of thiophene rings is 1. The first-order valence-electron chi connectivity index (χ1n) is 7.16. The van der Waals surface area contributed by atoms with Crippen LogP contribution < -0.4 is 10.5 Å². The molecule has 1 aliphatic rings. The molecule has 0 spiro atoms. The number of nitrogens with zero attached hydrogens (tertiary/aromatic N) is 1. The molecule has 1 aromatic heterocycles. The Bertz CT molecular complexity index is 678. The van der Waals surface area contributed by atoms with Crippen molar-refractivity contribution < 1.29 is 22.7 Å². The summed E-state index contributed by atoms with van der Waals surface area (Å²) in [6.07, 6.45) is 0.633. The highest BCUT2D eigenvalue weighted by atomic mass is 32.2. The van der Waals surface area contributed by atoms with Gasteiger partial charge in [0.05, 0.1) is 16.4 Å². The van der Waals surface area contributed by atoms with E-state index in [0.717, 1.165) is 11.3 Å². The molecule has 0 aromatic carbocycles. The number of nitrogens with two attached hydrogens (primary N) is 1. The van der Waals surface area contributed by atoms with Gasteiger partial charge in [-0.25, -0.2) is 17.9 Å². The highest BCUT2D eigenvalue weighted by Gasteiger charge is 2.27. The zero-order valence-electron chi connectivity index (χ0n) is 12.6. The lowest BCUT2D eigenvalue weighted by atomic mass is 10.1. The molecule has 0 radical (unpaired) electrons. The number of piperidine rings is 1. The molecule has 1 aliphatic heterocycles. The Morgan fingerprint density at radius 2 is 2.09 bits per heavy atom. The summed E-state index contributed by atoms with van der Waals surface area (Å²) in [7, 11) is -3.70. The number of sulfonamides is 1. The number of hydrogen-bond acceptors (Lipinski definition) is 6. The quantitative estimate of drug-likeness (QED) is 0.802. The Morgan fingerprint density at radius 1 is 1.43 bits per heavy atom. The lowest BCUT2D eigenvalue weighted by molar-refractivity contribution is 0.0964. The van der Waals surface area contributed by atoms with Gasteiger partial charge in [0.2, 0.25) is 10.0 Å². The molecule has 3 N–H and O–H groups in total. The molecule has 2 heterocycles. The minimum absolute atomic E-state index is 0.0316. The molecule has 2 amide bonds. The first-order valence-corrected chi connectivity index (χ1v) is 9.52. The third-order valence-corrected chi connectivity index (χ3v) is 6.07. The van der Waals surface area contributed by atoms with Gasteiger partial charge >= 0.3 is 6.09 Å². The van der Waals surface area contributed by atoms with Gasteiger partial charge in [0.1, 0.15) is 0 Å². The summed E-state index contributed by atoms with van der Waals surface area (Å²) in [6.45, 7) is 2.91. The first kappa shape index (κ1) is 17.7. The van der Waals surface area contributed by atoms with Crippen LogP contribution in [0.3, 0.4) is 0 Å². The van der Waals surface area contributed by atoms with Gasteiger partial charge < -0.3 is 15.4 Å². The lowest BCUT2D eigenvalue weighted by Crippen LogP contribution is -2.46. The molecule has 1 aromatic rings. The minimum Gasteiger partial charge on any atom is -0.450 e. The van der Waals surface area contributed by atoms with Crippen molar-refractivity contribution in [1.82, 2.24) is 9.62 Å². The van der Waals surface area contributed by atoms with Crippen molar-refractivity contribution in [3.05, 3.63) is 16.3 Å². The highest BCUT2D eigenvalue weighted by Crippen LogP contribution is 2.20. The maximum Gasteiger partial charge on any atom is 0.409 e. The van der Waals surface area contributed by atoms with E-state index in [0.29, 0.717) is 32.5 Å². The van der Waals surface area contributed by atoms with Crippen LogP contribution >= 0.6 is 11.3 Å². The van der Waals surface area contributed by atoms with Crippen LogP contribution in [0.4, 0.5) is 4.79 Å². The van der Waals surface area contributed by atoms with E-state index in [1.165, 1.54) is 11.4 Å². The Balaban J connectivity index is 1.94. The average Bonchev–Trinajstić information content (AvgIpc) is 2.99. The monoisotopic (exact) mass is 361 g/mol. The van der Waals surface area contributed by atoms with E-state index in [4.69, 9.17) is 10.5 Å². The summed E-state index contributed by atoms with van der Waals surface area (Å²) >= 11 is 0.993. The van der Waals surface area contributed by atoms with Crippen LogP contribution in [0.15, 0.2) is 16.3 Å². The summed E-state index contributed by atoms with van der Waals surface area (Å²) in [5.74, 6) is -0.654. The first-order chi connectivity index (χ1) is 10.8. The third-order valence-electron chi connectivity index (χ3n) is 3.47. The summed E-state index contributed by atoms with van der Waals surface area (Å²) in [6, 6.07) is 1.01. The Kier molecular flexibility index (Phi) is 5.60. The molecular weight excluding hydrogens is 342 g/mol. The Hall–Kier alpha value is -1.65. The fraction of sp³-hybridized carbons (Fsp3) is 0.538. The van der Waals surface area contributed by atoms with Crippen LogP contribution in [0.1, 0.15) is 29.4 Å². The predicted molar refractivity (Wildman–Crippen MR) is 84.8 cm³/mol. The van der Waals surface area contributed by atoms with Crippen molar-refractivity contribution in [2.24, 2.45) is 5.73 Å². The molecule has 0 saturated carbocycles. The van der Waals surface area contributed by atoms with Crippen LogP contribution in [0, 0.1) is 0 Å². The van der Waals surface area contributed by atoms with Gasteiger partial charge in [-0.2, -0.15) is 0 Å². The van der Waals surface area contributed by atoms with Crippen LogP contribution in [0.2, 0.25) is 0 Å². The van der Waals surface area contributed by atoms with Crippen LogP contribution in [-0.4, -0.2) is 51.1 Å². The number of hydrogen-bond donors (Lipinski definition) is 2. The molecule has 1 fully saturated rings. The van der Waals surface area contributed by atoms with Crippen LogP contribution in [-0.2, 0) is 14.8 Å². The Labute approximate surface area is 138 Å². The molecule has 10 heteroatoms. The third kappa shape index (κ3) is 4.43. The van der Waals surface area contributed by atoms with Gasteiger partial charge in [-0.3, -0.25) is 4.79 Å². The van der Waals surface area contributed by atoms with Gasteiger partial charge in [-0.15, -0.1) is 11.3 Å². The van der Waals surface area contributed by atoms with Gasteiger partial charge in [0.15, 0.2) is 0 Å². The molecule has 0 bridgehead atoms. The molecule has 128 valence electrons. The SMILES string of the molecule is CCOC(=O)N1CCC(NS(=O)(=O)c2csc(C(N)=O)c2)CC1. The van der Waals surface area contributed by atoms with Gasteiger partial charge in [-0.1, -0.05) is 0 Å². The van der Waals surface area contributed by atoms with Gasteiger partial charge in [-0.05, 0) is 25.8 Å². The summed E-state index contributed by atoms with van der Waals surface area (Å²) < 4.78 is 32.1. The number of carbonyl (C=O) groups excluding carboxylic acids is 2. The van der Waals surface area contributed by atoms with Crippen LogP contribution in [0.5, 0.6) is 0 Å². The molecule has 2 rings (SSSR count). The van der Waals surface area contributed by atoms with E-state index in [1.54, 1.807) is 11.8 Å². The topological polar surface area (TPSA) is 119 Å². The molecule has 1 saturated heterocycles. The van der Waals surface area contributed by atoms with E-state index < -0.39 is 15.9 Å². The largest absolute Gasteiger partial charge is 0.450 e. The van der Waals surface area contributed by atoms with E-state index in [9.17, 15) is 18.0 Å². The van der Waals surface area contributed by atoms with Crippen LogP contribution in [0.25, 0.3) is 0 Å². The van der Waals surface area contributed by atoms with E-state index in [1.807, 2.05) is 0 Å². The van der Waals surface area contributed by atoms with Crippen molar-refractivity contribution in [1.29, 1.82) is 0 Å². The van der Waals surface area contributed by atoms with E-state index in [-0.39, 0.29) is 21.9 Å². The number of nitrogens with one attached hydrogen (secondary N) is 1. The Morgan fingerprint density at radius 3 is 2.61 bits per heavy atom. The normalized spacial score (nSPS) is 16.3. The van der Waals surface area contributed by atoms with Crippen molar-refractivity contribution >= 4 is 33.4 Å². The number of amides is 2. The second-order valence-corrected chi connectivity index (χ2v) is 7.72. The zero-order valence-corrected chi connectivity index (χ0v) is 14.3. The molecule has 0 atom stereocenters. The number of primary amides is 1. The minimum atomic E-state index is -3.70. The summed E-state index contributed by atoms with van der Waals surface area (Å²) in [5, 5.41) is 1.39. The van der Waals surface area contributed by atoms with Crippen molar-refractivity contribution in [3.8, 4) is 0 Å². The van der Waals surface area contributed by atoms with Gasteiger partial charge in [0.25, 0.3) is 5.91 Å². The summed E-state index contributed by atoms with van der Waals surface area (Å²) in [4.78, 5) is 24.4. The smallest absolute Gasteiger partial charge is 0.409 e. The van der Waals surface area contributed by atoms with Crippen molar-refractivity contribution in [2.45, 2.75) is 30.7 Å². The number of rotatable bonds is 5. The number of carbonyl (C=O) groups is 2. The maximum atomic E-state index is 12.3. The second-order valence-electron chi connectivity index (χ2n) is 5.09. The lowest BCUT2D eigenvalue weighted by Gasteiger charge is -2.31. The van der Waals surface area contributed by atoms with E-state index >= 15 is 0 Å². The maximum absolute atomic E-state index is 12.3. The number of ether oxygens (including phenoxy) is 1. The molecular formula is C13H19N3O5S2. The van der Waals surface area contributed by atoms with Crippen molar-refractivity contribution in [3.63, 3.8) is 0 Å². The van der Waals surface area contributed by atoms with Crippen molar-refractivity contribution in [2.75, 3.05) is 19.7 Å². The summed E-state index contributed by atoms with van der Waals surface area (Å²) in [5.41, 5.74) is 5.13. The fourth-order valence-corrected chi connectivity index (χ4v) is 4.70. The number of likely N-dealkylation sites (tertiary alicyclic amines) is 1. The average molecular weight is 361 g/mol.